The van der Waals surface area contributed by atoms with E-state index in [9.17, 15) is 4.79 Å². The fraction of sp³-hybridized carbons (Fsp3) is 0.500. The number of carbonyl (C=O) groups excluding carboxylic acids is 1. The third-order valence-corrected chi connectivity index (χ3v) is 2.35. The lowest BCUT2D eigenvalue weighted by molar-refractivity contribution is 0.112. The SMILES string of the molecule is CC(O)CCCNc1ncnc(Cl)c1C=O. The van der Waals surface area contributed by atoms with Crippen LogP contribution in [0.15, 0.2) is 6.33 Å². The zero-order valence-corrected chi connectivity index (χ0v) is 9.74. The number of nitrogens with one attached hydrogen (secondary N) is 1. The highest BCUT2D eigenvalue weighted by atomic mass is 35.5. The Kier molecular flexibility index (Phi) is 5.14. The van der Waals surface area contributed by atoms with Crippen molar-refractivity contribution >= 4 is 23.7 Å². The van der Waals surface area contributed by atoms with Crippen LogP contribution in [0.25, 0.3) is 0 Å². The third-order valence-electron chi connectivity index (χ3n) is 2.04. The topological polar surface area (TPSA) is 75.1 Å². The molecular formula is C10H14ClN3O2. The van der Waals surface area contributed by atoms with E-state index in [1.165, 1.54) is 6.33 Å². The number of anilines is 1. The lowest BCUT2D eigenvalue weighted by Crippen LogP contribution is -2.09. The van der Waals surface area contributed by atoms with Gasteiger partial charge in [-0.15, -0.1) is 0 Å². The summed E-state index contributed by atoms with van der Waals surface area (Å²) in [4.78, 5) is 18.4. The number of hydrogen-bond acceptors (Lipinski definition) is 5. The summed E-state index contributed by atoms with van der Waals surface area (Å²) in [6.45, 7) is 2.36. The van der Waals surface area contributed by atoms with E-state index < -0.39 is 0 Å². The van der Waals surface area contributed by atoms with Crippen LogP contribution in [-0.2, 0) is 0 Å². The summed E-state index contributed by atoms with van der Waals surface area (Å²) in [5, 5.41) is 12.2. The van der Waals surface area contributed by atoms with Gasteiger partial charge in [0.2, 0.25) is 0 Å². The molecule has 0 aliphatic heterocycles. The normalized spacial score (nSPS) is 12.2. The van der Waals surface area contributed by atoms with E-state index in [0.29, 0.717) is 25.1 Å². The molecule has 5 nitrogen and oxygen atoms in total. The smallest absolute Gasteiger partial charge is 0.156 e. The van der Waals surface area contributed by atoms with Gasteiger partial charge >= 0.3 is 0 Å². The minimum absolute atomic E-state index is 0.142. The first kappa shape index (κ1) is 12.9. The lowest BCUT2D eigenvalue weighted by Gasteiger charge is -2.08. The molecule has 0 aliphatic carbocycles. The predicted molar refractivity (Wildman–Crippen MR) is 61.8 cm³/mol. The van der Waals surface area contributed by atoms with E-state index in [0.717, 1.165) is 6.42 Å². The van der Waals surface area contributed by atoms with Crippen molar-refractivity contribution in [1.82, 2.24) is 9.97 Å². The average molecular weight is 244 g/mol. The van der Waals surface area contributed by atoms with Crippen molar-refractivity contribution in [3.8, 4) is 0 Å². The molecule has 0 saturated heterocycles. The molecule has 16 heavy (non-hydrogen) atoms. The van der Waals surface area contributed by atoms with Gasteiger partial charge in [-0.05, 0) is 19.8 Å². The monoisotopic (exact) mass is 243 g/mol. The third kappa shape index (κ3) is 3.75. The second-order valence-corrected chi connectivity index (χ2v) is 3.82. The first-order valence-electron chi connectivity index (χ1n) is 5.02. The highest BCUT2D eigenvalue weighted by molar-refractivity contribution is 6.32. The van der Waals surface area contributed by atoms with Crippen LogP contribution in [0.3, 0.4) is 0 Å². The minimum atomic E-state index is -0.318. The molecule has 1 heterocycles. The lowest BCUT2D eigenvalue weighted by atomic mass is 10.2. The van der Waals surface area contributed by atoms with E-state index in [1.807, 2.05) is 0 Å². The summed E-state index contributed by atoms with van der Waals surface area (Å²) >= 11 is 5.73. The van der Waals surface area contributed by atoms with E-state index >= 15 is 0 Å². The zero-order valence-electron chi connectivity index (χ0n) is 8.98. The number of aromatic nitrogens is 2. The largest absolute Gasteiger partial charge is 0.393 e. The first-order chi connectivity index (χ1) is 7.65. The van der Waals surface area contributed by atoms with Crippen LogP contribution < -0.4 is 5.32 Å². The van der Waals surface area contributed by atoms with Crippen molar-refractivity contribution in [2.45, 2.75) is 25.9 Å². The number of aliphatic hydroxyl groups is 1. The van der Waals surface area contributed by atoms with Crippen LogP contribution in [0.4, 0.5) is 5.82 Å². The van der Waals surface area contributed by atoms with Crippen LogP contribution in [0, 0.1) is 0 Å². The molecule has 2 N–H and O–H groups in total. The average Bonchev–Trinajstić information content (AvgIpc) is 2.24. The molecule has 1 atom stereocenters. The molecule has 88 valence electrons. The summed E-state index contributed by atoms with van der Waals surface area (Å²) in [7, 11) is 0. The van der Waals surface area contributed by atoms with Gasteiger partial charge in [-0.3, -0.25) is 4.79 Å². The van der Waals surface area contributed by atoms with E-state index in [1.54, 1.807) is 6.92 Å². The number of rotatable bonds is 6. The quantitative estimate of drug-likeness (QED) is 0.450. The van der Waals surface area contributed by atoms with Crippen molar-refractivity contribution < 1.29 is 9.90 Å². The highest BCUT2D eigenvalue weighted by Crippen LogP contribution is 2.17. The van der Waals surface area contributed by atoms with Gasteiger partial charge < -0.3 is 10.4 Å². The van der Waals surface area contributed by atoms with Gasteiger partial charge in [-0.25, -0.2) is 9.97 Å². The molecule has 0 amide bonds. The molecule has 0 bridgehead atoms. The molecule has 0 spiro atoms. The molecule has 0 fully saturated rings. The zero-order chi connectivity index (χ0) is 12.0. The van der Waals surface area contributed by atoms with Gasteiger partial charge in [-0.2, -0.15) is 0 Å². The fourth-order valence-electron chi connectivity index (χ4n) is 1.22. The summed E-state index contributed by atoms with van der Waals surface area (Å²) in [6.07, 6.45) is 3.09. The molecule has 1 aromatic heterocycles. The molecule has 0 radical (unpaired) electrons. The maximum absolute atomic E-state index is 10.7. The Morgan fingerprint density at radius 3 is 3.00 bits per heavy atom. The fourth-order valence-corrected chi connectivity index (χ4v) is 1.40. The van der Waals surface area contributed by atoms with Crippen LogP contribution in [0.5, 0.6) is 0 Å². The Bertz CT molecular complexity index is 358. The van der Waals surface area contributed by atoms with E-state index in [4.69, 9.17) is 16.7 Å². The Balaban J connectivity index is 2.53. The van der Waals surface area contributed by atoms with Gasteiger partial charge in [0, 0.05) is 6.54 Å². The summed E-state index contributed by atoms with van der Waals surface area (Å²) in [6, 6.07) is 0. The summed E-state index contributed by atoms with van der Waals surface area (Å²) in [5.41, 5.74) is 0.265. The van der Waals surface area contributed by atoms with E-state index in [2.05, 4.69) is 15.3 Å². The number of nitrogens with zero attached hydrogens (tertiary/aromatic N) is 2. The van der Waals surface area contributed by atoms with Crippen molar-refractivity contribution in [3.63, 3.8) is 0 Å². The van der Waals surface area contributed by atoms with Crippen molar-refractivity contribution in [2.75, 3.05) is 11.9 Å². The number of hydrogen-bond donors (Lipinski definition) is 2. The number of carbonyl (C=O) groups is 1. The minimum Gasteiger partial charge on any atom is -0.393 e. The Hall–Kier alpha value is -1.20. The Morgan fingerprint density at radius 2 is 2.38 bits per heavy atom. The van der Waals surface area contributed by atoms with Crippen LogP contribution in [0.1, 0.15) is 30.1 Å². The molecule has 0 aliphatic rings. The van der Waals surface area contributed by atoms with Gasteiger partial charge in [0.05, 0.1) is 11.7 Å². The van der Waals surface area contributed by atoms with Gasteiger partial charge in [0.25, 0.3) is 0 Å². The number of halogens is 1. The van der Waals surface area contributed by atoms with E-state index in [-0.39, 0.29) is 16.8 Å². The van der Waals surface area contributed by atoms with Crippen LogP contribution >= 0.6 is 11.6 Å². The van der Waals surface area contributed by atoms with Crippen LogP contribution in [0.2, 0.25) is 5.15 Å². The van der Waals surface area contributed by atoms with Crippen LogP contribution in [-0.4, -0.2) is 34.0 Å². The summed E-state index contributed by atoms with van der Waals surface area (Å²) < 4.78 is 0. The maximum Gasteiger partial charge on any atom is 0.156 e. The van der Waals surface area contributed by atoms with Gasteiger partial charge in [-0.1, -0.05) is 11.6 Å². The second kappa shape index (κ2) is 6.40. The molecular weight excluding hydrogens is 230 g/mol. The number of aldehydes is 1. The molecule has 1 aromatic rings. The maximum atomic E-state index is 10.7. The van der Waals surface area contributed by atoms with Crippen molar-refractivity contribution in [3.05, 3.63) is 17.0 Å². The van der Waals surface area contributed by atoms with Gasteiger partial charge in [0.1, 0.15) is 17.3 Å². The first-order valence-corrected chi connectivity index (χ1v) is 5.40. The van der Waals surface area contributed by atoms with Crippen molar-refractivity contribution in [1.29, 1.82) is 0 Å². The molecule has 1 rings (SSSR count). The Morgan fingerprint density at radius 1 is 1.62 bits per heavy atom. The number of aliphatic hydroxyl groups excluding tert-OH is 1. The second-order valence-electron chi connectivity index (χ2n) is 3.46. The Labute approximate surface area is 98.9 Å². The van der Waals surface area contributed by atoms with Crippen molar-refractivity contribution in [2.24, 2.45) is 0 Å². The predicted octanol–water partition coefficient (Wildman–Crippen LogP) is 1.52. The molecule has 0 aromatic carbocycles. The molecule has 6 heteroatoms. The highest BCUT2D eigenvalue weighted by Gasteiger charge is 2.07. The van der Waals surface area contributed by atoms with Gasteiger partial charge in [0.15, 0.2) is 6.29 Å². The molecule has 0 saturated carbocycles. The molecule has 1 unspecified atom stereocenters. The standard InChI is InChI=1S/C10H14ClN3O2/c1-7(16)3-2-4-12-10-8(5-15)9(11)13-6-14-10/h5-7,16H,2-4H2,1H3,(H,12,13,14). The summed E-state index contributed by atoms with van der Waals surface area (Å²) in [5.74, 6) is 0.431.